The molecule has 0 saturated carbocycles. The average Bonchev–Trinajstić information content (AvgIpc) is 2.48. The Morgan fingerprint density at radius 2 is 1.95 bits per heavy atom. The van der Waals surface area contributed by atoms with Crippen LogP contribution in [0.25, 0.3) is 0 Å². The second kappa shape index (κ2) is 8.68. The molecular weight excluding hydrogens is 273 g/mol. The molecule has 112 valence electrons. The van der Waals surface area contributed by atoms with Crippen LogP contribution in [0.2, 0.25) is 0 Å². The van der Waals surface area contributed by atoms with Gasteiger partial charge in [-0.05, 0) is 18.6 Å². The molecule has 0 saturated heterocycles. The van der Waals surface area contributed by atoms with Gasteiger partial charge < -0.3 is 9.84 Å². The number of halogens is 1. The minimum Gasteiger partial charge on any atom is -0.484 e. The Labute approximate surface area is 123 Å². The van der Waals surface area contributed by atoms with Crippen molar-refractivity contribution in [2.45, 2.75) is 26.9 Å². The van der Waals surface area contributed by atoms with Crippen molar-refractivity contribution >= 4 is 5.97 Å². The van der Waals surface area contributed by atoms with E-state index in [4.69, 9.17) is 9.84 Å². The van der Waals surface area contributed by atoms with Crippen LogP contribution in [0.3, 0.4) is 0 Å². The lowest BCUT2D eigenvalue weighted by atomic mass is 10.2. The first-order chi connectivity index (χ1) is 10.0. The van der Waals surface area contributed by atoms with Crippen LogP contribution in [0.15, 0.2) is 42.6 Å². The van der Waals surface area contributed by atoms with Crippen LogP contribution in [0, 0.1) is 12.7 Å². The van der Waals surface area contributed by atoms with Gasteiger partial charge in [-0.3, -0.25) is 9.78 Å². The zero-order chi connectivity index (χ0) is 15.7. The molecule has 4 nitrogen and oxygen atoms in total. The summed E-state index contributed by atoms with van der Waals surface area (Å²) >= 11 is 0. The van der Waals surface area contributed by atoms with Gasteiger partial charge in [0.15, 0.2) is 11.6 Å². The predicted octanol–water partition coefficient (Wildman–Crippen LogP) is 3.59. The number of benzene rings is 1. The number of rotatable bonds is 4. The summed E-state index contributed by atoms with van der Waals surface area (Å²) in [6.45, 7) is 3.69. The molecule has 2 rings (SSSR count). The molecule has 1 N–H and O–H groups in total. The molecule has 1 aromatic carbocycles. The molecule has 0 aliphatic heterocycles. The fourth-order valence-electron chi connectivity index (χ4n) is 1.36. The van der Waals surface area contributed by atoms with Crippen molar-refractivity contribution in [3.63, 3.8) is 0 Å². The van der Waals surface area contributed by atoms with E-state index in [9.17, 15) is 9.18 Å². The van der Waals surface area contributed by atoms with Gasteiger partial charge >= 0.3 is 5.97 Å². The van der Waals surface area contributed by atoms with E-state index in [2.05, 4.69) is 4.98 Å². The first kappa shape index (κ1) is 16.6. The number of pyridine rings is 1. The van der Waals surface area contributed by atoms with Gasteiger partial charge in [0.05, 0.1) is 6.20 Å². The number of aromatic nitrogens is 1. The van der Waals surface area contributed by atoms with Crippen LogP contribution < -0.4 is 4.74 Å². The van der Waals surface area contributed by atoms with Crippen molar-refractivity contribution in [1.29, 1.82) is 0 Å². The third-order valence-corrected chi connectivity index (χ3v) is 2.50. The predicted molar refractivity (Wildman–Crippen MR) is 77.6 cm³/mol. The molecule has 0 aliphatic rings. The maximum atomic E-state index is 13.4. The standard InChI is InChI=1S/C13H12FNO.C3H6O2/c1-10-7-12(14)13(8-15-10)16-9-11-5-3-2-4-6-11;1-2-3(4)5/h2-8H,9H2,1H3;2H2,1H3,(H,4,5). The number of hydrogen-bond donors (Lipinski definition) is 1. The number of carbonyl (C=O) groups is 1. The largest absolute Gasteiger partial charge is 0.484 e. The molecule has 0 fully saturated rings. The topological polar surface area (TPSA) is 59.4 Å². The van der Waals surface area contributed by atoms with Crippen molar-refractivity contribution in [2.24, 2.45) is 0 Å². The van der Waals surface area contributed by atoms with E-state index >= 15 is 0 Å². The number of nitrogens with zero attached hydrogens (tertiary/aromatic N) is 1. The van der Waals surface area contributed by atoms with E-state index in [1.165, 1.54) is 12.3 Å². The Hall–Kier alpha value is -2.43. The summed E-state index contributed by atoms with van der Waals surface area (Å²) < 4.78 is 18.7. The highest BCUT2D eigenvalue weighted by Gasteiger charge is 2.04. The summed E-state index contributed by atoms with van der Waals surface area (Å²) in [5.41, 5.74) is 1.65. The minimum absolute atomic E-state index is 0.189. The lowest BCUT2D eigenvalue weighted by molar-refractivity contribution is -0.136. The maximum absolute atomic E-state index is 13.4. The van der Waals surface area contributed by atoms with Gasteiger partial charge in [0.2, 0.25) is 0 Å². The number of ether oxygens (including phenoxy) is 1. The summed E-state index contributed by atoms with van der Waals surface area (Å²) in [5.74, 6) is -0.928. The zero-order valence-electron chi connectivity index (χ0n) is 12.0. The molecule has 0 aliphatic carbocycles. The molecule has 5 heteroatoms. The summed E-state index contributed by atoms with van der Waals surface area (Å²) in [7, 11) is 0. The number of carboxylic acid groups (broad SMARTS) is 1. The van der Waals surface area contributed by atoms with Crippen LogP contribution in [-0.2, 0) is 11.4 Å². The van der Waals surface area contributed by atoms with Crippen molar-refractivity contribution in [3.8, 4) is 5.75 Å². The highest BCUT2D eigenvalue weighted by atomic mass is 19.1. The third kappa shape index (κ3) is 6.51. The van der Waals surface area contributed by atoms with Crippen LogP contribution >= 0.6 is 0 Å². The van der Waals surface area contributed by atoms with E-state index in [1.807, 2.05) is 30.3 Å². The van der Waals surface area contributed by atoms with Crippen molar-refractivity contribution < 1.29 is 19.0 Å². The Bertz CT molecular complexity index is 573. The second-order valence-corrected chi connectivity index (χ2v) is 4.28. The van der Waals surface area contributed by atoms with Crippen LogP contribution in [0.4, 0.5) is 4.39 Å². The van der Waals surface area contributed by atoms with Gasteiger partial charge in [0, 0.05) is 12.1 Å². The second-order valence-electron chi connectivity index (χ2n) is 4.28. The first-order valence-corrected chi connectivity index (χ1v) is 6.53. The molecule has 1 aromatic heterocycles. The zero-order valence-corrected chi connectivity index (χ0v) is 12.0. The quantitative estimate of drug-likeness (QED) is 0.935. The van der Waals surface area contributed by atoms with E-state index in [-0.39, 0.29) is 18.0 Å². The molecule has 0 spiro atoms. The SMILES string of the molecule is CCC(=O)O.Cc1cc(F)c(OCc2ccccc2)cn1. The average molecular weight is 291 g/mol. The van der Waals surface area contributed by atoms with Crippen molar-refractivity contribution in [3.05, 3.63) is 59.7 Å². The molecule has 0 unspecified atom stereocenters. The van der Waals surface area contributed by atoms with Gasteiger partial charge in [0.1, 0.15) is 6.61 Å². The third-order valence-electron chi connectivity index (χ3n) is 2.50. The number of aliphatic carboxylic acids is 1. The van der Waals surface area contributed by atoms with Gasteiger partial charge in [-0.25, -0.2) is 4.39 Å². The van der Waals surface area contributed by atoms with Crippen LogP contribution in [0.1, 0.15) is 24.6 Å². The Morgan fingerprint density at radius 1 is 1.33 bits per heavy atom. The summed E-state index contributed by atoms with van der Waals surface area (Å²) in [4.78, 5) is 13.4. The molecule has 21 heavy (non-hydrogen) atoms. The maximum Gasteiger partial charge on any atom is 0.303 e. The Kier molecular flexibility index (Phi) is 6.87. The Balaban J connectivity index is 0.000000383. The molecule has 0 atom stereocenters. The molecule has 2 aromatic rings. The fourth-order valence-corrected chi connectivity index (χ4v) is 1.36. The lowest BCUT2D eigenvalue weighted by Gasteiger charge is -2.06. The first-order valence-electron chi connectivity index (χ1n) is 6.53. The number of hydrogen-bond acceptors (Lipinski definition) is 3. The number of carboxylic acids is 1. The van der Waals surface area contributed by atoms with E-state index < -0.39 is 5.97 Å². The summed E-state index contributed by atoms with van der Waals surface area (Å²) in [5, 5.41) is 7.72. The molecule has 0 amide bonds. The fraction of sp³-hybridized carbons (Fsp3) is 0.250. The molecule has 0 bridgehead atoms. The monoisotopic (exact) mass is 291 g/mol. The van der Waals surface area contributed by atoms with Crippen molar-refractivity contribution in [1.82, 2.24) is 4.98 Å². The van der Waals surface area contributed by atoms with E-state index in [0.29, 0.717) is 12.3 Å². The van der Waals surface area contributed by atoms with Crippen LogP contribution in [-0.4, -0.2) is 16.1 Å². The molecule has 1 heterocycles. The van der Waals surface area contributed by atoms with Crippen molar-refractivity contribution in [2.75, 3.05) is 0 Å². The van der Waals surface area contributed by atoms with Gasteiger partial charge in [-0.15, -0.1) is 0 Å². The van der Waals surface area contributed by atoms with Gasteiger partial charge in [0.25, 0.3) is 0 Å². The van der Waals surface area contributed by atoms with Gasteiger partial charge in [-0.1, -0.05) is 37.3 Å². The van der Waals surface area contributed by atoms with Crippen LogP contribution in [0.5, 0.6) is 5.75 Å². The highest BCUT2D eigenvalue weighted by Crippen LogP contribution is 2.17. The smallest absolute Gasteiger partial charge is 0.303 e. The Morgan fingerprint density at radius 3 is 2.48 bits per heavy atom. The van der Waals surface area contributed by atoms with E-state index in [0.717, 1.165) is 5.56 Å². The lowest BCUT2D eigenvalue weighted by Crippen LogP contribution is -1.98. The molecule has 0 radical (unpaired) electrons. The summed E-state index contributed by atoms with van der Waals surface area (Å²) in [6.07, 6.45) is 1.63. The highest BCUT2D eigenvalue weighted by molar-refractivity contribution is 5.66. The number of aryl methyl sites for hydroxylation is 1. The van der Waals surface area contributed by atoms with E-state index in [1.54, 1.807) is 13.8 Å². The minimum atomic E-state index is -0.745. The van der Waals surface area contributed by atoms with Gasteiger partial charge in [-0.2, -0.15) is 0 Å². The normalized spacial score (nSPS) is 9.48. The molecular formula is C16H18FNO3. The summed E-state index contributed by atoms with van der Waals surface area (Å²) in [6, 6.07) is 11.0.